The van der Waals surface area contributed by atoms with Gasteiger partial charge >= 0.3 is 0 Å². The largest absolute Gasteiger partial charge is 0.493 e. The van der Waals surface area contributed by atoms with E-state index in [2.05, 4.69) is 98.5 Å². The predicted octanol–water partition coefficient (Wildman–Crippen LogP) is 5.14. The average Bonchev–Trinajstić information content (AvgIpc) is 3.53. The van der Waals surface area contributed by atoms with Crippen LogP contribution in [-0.4, -0.2) is 90.8 Å². The summed E-state index contributed by atoms with van der Waals surface area (Å²) in [7, 11) is 8.30. The summed E-state index contributed by atoms with van der Waals surface area (Å²) in [6, 6.07) is 20.7. The summed E-state index contributed by atoms with van der Waals surface area (Å²) in [6.45, 7) is 9.02. The smallest absolute Gasteiger partial charge is 0.122 e. The van der Waals surface area contributed by atoms with Crippen molar-refractivity contribution in [2.75, 3.05) is 61.0 Å². The highest BCUT2D eigenvalue weighted by atomic mass is 16.5. The minimum absolute atomic E-state index is 0.602. The molecule has 10 nitrogen and oxygen atoms in total. The van der Waals surface area contributed by atoms with Crippen molar-refractivity contribution >= 4 is 5.70 Å². The van der Waals surface area contributed by atoms with Crippen LogP contribution in [0.25, 0.3) is 17.0 Å². The van der Waals surface area contributed by atoms with Gasteiger partial charge in [-0.1, -0.05) is 53.7 Å². The lowest BCUT2D eigenvalue weighted by atomic mass is 10.1. The lowest BCUT2D eigenvalue weighted by molar-refractivity contribution is 0.280. The number of aryl methyl sites for hydroxylation is 4. The van der Waals surface area contributed by atoms with E-state index in [4.69, 9.17) is 21.1 Å². The summed E-state index contributed by atoms with van der Waals surface area (Å²) in [6.07, 6.45) is 7.43. The van der Waals surface area contributed by atoms with Gasteiger partial charge in [-0.3, -0.25) is 4.68 Å². The summed E-state index contributed by atoms with van der Waals surface area (Å²) in [5.41, 5.74) is 14.5. The molecule has 258 valence electrons. The molecule has 4 aromatic rings. The van der Waals surface area contributed by atoms with E-state index < -0.39 is 0 Å². The van der Waals surface area contributed by atoms with Crippen molar-refractivity contribution in [3.63, 3.8) is 0 Å². The van der Waals surface area contributed by atoms with E-state index in [1.807, 2.05) is 35.1 Å². The van der Waals surface area contributed by atoms with Gasteiger partial charge in [0.1, 0.15) is 17.2 Å². The summed E-state index contributed by atoms with van der Waals surface area (Å²) in [4.78, 5) is 4.33. The highest BCUT2D eigenvalue weighted by Crippen LogP contribution is 2.22. The van der Waals surface area contributed by atoms with E-state index in [0.717, 1.165) is 91.4 Å². The fourth-order valence-corrected chi connectivity index (χ4v) is 5.38. The molecule has 0 spiro atoms. The van der Waals surface area contributed by atoms with Crippen molar-refractivity contribution in [3.05, 3.63) is 101 Å². The van der Waals surface area contributed by atoms with Gasteiger partial charge in [-0.15, -0.1) is 5.10 Å². The van der Waals surface area contributed by atoms with Crippen LogP contribution in [0.1, 0.15) is 40.7 Å². The molecule has 0 saturated heterocycles. The van der Waals surface area contributed by atoms with E-state index >= 15 is 0 Å². The monoisotopic (exact) mass is 654 g/mol. The Labute approximate surface area is 286 Å². The second-order valence-electron chi connectivity index (χ2n) is 13.0. The van der Waals surface area contributed by atoms with Crippen molar-refractivity contribution in [2.24, 2.45) is 11.6 Å². The van der Waals surface area contributed by atoms with Crippen LogP contribution >= 0.6 is 0 Å². The molecular weight excluding hydrogens is 600 g/mol. The van der Waals surface area contributed by atoms with Crippen molar-refractivity contribution in [2.45, 2.75) is 46.1 Å². The molecule has 1 heterocycles. The molecule has 3 aromatic carbocycles. The van der Waals surface area contributed by atoms with Gasteiger partial charge in [-0.05, 0) is 108 Å². The molecule has 4 rings (SSSR count). The van der Waals surface area contributed by atoms with Crippen LogP contribution in [0.5, 0.6) is 11.5 Å². The summed E-state index contributed by atoms with van der Waals surface area (Å²) < 4.78 is 13.8. The molecule has 0 radical (unpaired) electrons. The maximum absolute atomic E-state index is 6.41. The van der Waals surface area contributed by atoms with Gasteiger partial charge in [0, 0.05) is 37.9 Å². The number of aromatic nitrogens is 3. The normalized spacial score (nSPS) is 11.8. The number of benzene rings is 3. The third kappa shape index (κ3) is 11.7. The molecule has 0 atom stereocenters. The van der Waals surface area contributed by atoms with Gasteiger partial charge in [-0.2, -0.15) is 0 Å². The van der Waals surface area contributed by atoms with E-state index in [-0.39, 0.29) is 0 Å². The summed E-state index contributed by atoms with van der Waals surface area (Å²) in [5.74, 6) is 8.18. The topological polar surface area (TPSA) is 111 Å². The Hall–Kier alpha value is -4.38. The van der Waals surface area contributed by atoms with Crippen LogP contribution in [0.4, 0.5) is 0 Å². The lowest BCUT2D eigenvalue weighted by Gasteiger charge is -2.16. The van der Waals surface area contributed by atoms with E-state index in [9.17, 15) is 0 Å². The van der Waals surface area contributed by atoms with E-state index in [1.54, 1.807) is 11.2 Å². The van der Waals surface area contributed by atoms with Crippen molar-refractivity contribution in [1.82, 2.24) is 29.8 Å². The molecule has 0 aliphatic rings. The van der Waals surface area contributed by atoms with Crippen molar-refractivity contribution in [3.8, 4) is 22.8 Å². The molecule has 10 heteroatoms. The Morgan fingerprint density at radius 2 is 1.33 bits per heavy atom. The third-order valence-electron chi connectivity index (χ3n) is 8.14. The standard InChI is InChI=1S/C38H54N8O2/c1-29-25-31(9-15-37(29)47-23-7-19-43(3)4)17-21-45(40)27-35(39)33-11-13-34(14-12-33)36-28-46(42-41-36)22-18-32-10-16-38(30(2)26-32)48-24-8-20-44(5)6/h9-16,25-28H,7-8,17-24,39-40H2,1-6H3/b35-27-. The number of hydrogen-bond donors (Lipinski definition) is 2. The molecule has 4 N–H and O–H groups in total. The first kappa shape index (κ1) is 36.5. The van der Waals surface area contributed by atoms with Gasteiger partial charge in [0.2, 0.25) is 0 Å². The molecular formula is C38H54N8O2. The van der Waals surface area contributed by atoms with Gasteiger partial charge in [-0.25, -0.2) is 5.84 Å². The summed E-state index contributed by atoms with van der Waals surface area (Å²) in [5, 5.41) is 10.4. The number of rotatable bonds is 19. The summed E-state index contributed by atoms with van der Waals surface area (Å²) >= 11 is 0. The van der Waals surface area contributed by atoms with Crippen LogP contribution < -0.4 is 21.1 Å². The van der Waals surface area contributed by atoms with Gasteiger partial charge < -0.3 is 30.0 Å². The number of ether oxygens (including phenoxy) is 2. The third-order valence-corrected chi connectivity index (χ3v) is 8.14. The molecule has 0 amide bonds. The zero-order valence-electron chi connectivity index (χ0n) is 29.7. The van der Waals surface area contributed by atoms with Gasteiger partial charge in [0.25, 0.3) is 0 Å². The number of nitrogens with zero attached hydrogens (tertiary/aromatic N) is 6. The second kappa shape index (κ2) is 18.2. The molecule has 0 aliphatic carbocycles. The molecule has 0 bridgehead atoms. The van der Waals surface area contributed by atoms with E-state index in [1.165, 1.54) is 11.1 Å². The maximum atomic E-state index is 6.41. The Morgan fingerprint density at radius 1 is 0.771 bits per heavy atom. The first-order valence-electron chi connectivity index (χ1n) is 16.8. The van der Waals surface area contributed by atoms with Crippen LogP contribution in [0.2, 0.25) is 0 Å². The van der Waals surface area contributed by atoms with Crippen LogP contribution in [0.15, 0.2) is 73.1 Å². The first-order valence-corrected chi connectivity index (χ1v) is 16.8. The Morgan fingerprint density at radius 3 is 1.88 bits per heavy atom. The number of hydrazine groups is 1. The van der Waals surface area contributed by atoms with Crippen molar-refractivity contribution < 1.29 is 9.47 Å². The minimum Gasteiger partial charge on any atom is -0.493 e. The van der Waals surface area contributed by atoms with Crippen LogP contribution in [0, 0.1) is 13.8 Å². The lowest BCUT2D eigenvalue weighted by Crippen LogP contribution is -2.28. The molecule has 0 unspecified atom stereocenters. The van der Waals surface area contributed by atoms with Gasteiger partial charge in [0.15, 0.2) is 0 Å². The quantitative estimate of drug-likeness (QED) is 0.0807. The SMILES string of the molecule is Cc1cc(CCN(N)/C=C(\N)c2ccc(-c3cn(CCc4ccc(OCCCN(C)C)c(C)c4)nn3)cc2)ccc1OCCCN(C)C. The molecule has 0 fully saturated rings. The maximum Gasteiger partial charge on any atom is 0.122 e. The fraction of sp³-hybridized carbons (Fsp3) is 0.421. The highest BCUT2D eigenvalue weighted by Gasteiger charge is 2.08. The molecule has 0 saturated carbocycles. The molecule has 1 aromatic heterocycles. The van der Waals surface area contributed by atoms with Gasteiger partial charge in [0.05, 0.1) is 25.1 Å². The zero-order valence-corrected chi connectivity index (χ0v) is 29.7. The minimum atomic E-state index is 0.602. The average molecular weight is 655 g/mol. The van der Waals surface area contributed by atoms with E-state index in [0.29, 0.717) is 18.8 Å². The number of hydrogen-bond acceptors (Lipinski definition) is 9. The van der Waals surface area contributed by atoms with Crippen LogP contribution in [0.3, 0.4) is 0 Å². The highest BCUT2D eigenvalue weighted by molar-refractivity contribution is 5.66. The second-order valence-corrected chi connectivity index (χ2v) is 13.0. The predicted molar refractivity (Wildman–Crippen MR) is 196 cm³/mol. The first-order chi connectivity index (χ1) is 23.1. The molecule has 48 heavy (non-hydrogen) atoms. The Bertz CT molecular complexity index is 1600. The van der Waals surface area contributed by atoms with Crippen molar-refractivity contribution in [1.29, 1.82) is 0 Å². The number of nitrogens with two attached hydrogens (primary N) is 2. The Kier molecular flexibility index (Phi) is 13.9. The fourth-order valence-electron chi connectivity index (χ4n) is 5.38. The molecule has 0 aliphatic heterocycles. The zero-order chi connectivity index (χ0) is 34.5. The Balaban J connectivity index is 1.24. The van der Waals surface area contributed by atoms with Crippen LogP contribution in [-0.2, 0) is 19.4 Å².